The maximum absolute atomic E-state index is 12.0. The van der Waals surface area contributed by atoms with Gasteiger partial charge < -0.3 is 5.11 Å². The third kappa shape index (κ3) is 3.83. The van der Waals surface area contributed by atoms with Crippen LogP contribution in [-0.4, -0.2) is 17.6 Å². The zero-order valence-corrected chi connectivity index (χ0v) is 8.08. The lowest BCUT2D eigenvalue weighted by Crippen LogP contribution is -2.04. The van der Waals surface area contributed by atoms with Gasteiger partial charge in [-0.05, 0) is 24.5 Å². The quantitative estimate of drug-likeness (QED) is 0.791. The first kappa shape index (κ1) is 11.1. The van der Waals surface area contributed by atoms with Crippen LogP contribution in [0.15, 0.2) is 24.3 Å². The molecule has 1 rings (SSSR count). The van der Waals surface area contributed by atoms with Crippen molar-refractivity contribution in [1.82, 2.24) is 0 Å². The average Bonchev–Trinajstić information content (AvgIpc) is 2.06. The van der Waals surface area contributed by atoms with Crippen molar-refractivity contribution in [2.45, 2.75) is 32.3 Å². The average molecular weight is 200 g/mol. The molecule has 1 unspecified atom stereocenters. The molecule has 0 heterocycles. The molecule has 0 aliphatic rings. The molecule has 0 saturated carbocycles. The standard InChI is InChI=1S/C11H14F2O/c1-8(14)6-9-2-4-10(5-3-9)7-11(12)13/h2-5,8,11,14H,6-7H2,1H3. The topological polar surface area (TPSA) is 20.2 Å². The lowest BCUT2D eigenvalue weighted by atomic mass is 10.1. The minimum Gasteiger partial charge on any atom is -0.393 e. The van der Waals surface area contributed by atoms with Crippen molar-refractivity contribution < 1.29 is 13.9 Å². The number of aliphatic hydroxyl groups excluding tert-OH is 1. The summed E-state index contributed by atoms with van der Waals surface area (Å²) in [5.74, 6) is 0. The van der Waals surface area contributed by atoms with E-state index in [0.29, 0.717) is 12.0 Å². The lowest BCUT2D eigenvalue weighted by molar-refractivity contribution is 0.149. The van der Waals surface area contributed by atoms with Gasteiger partial charge in [-0.2, -0.15) is 0 Å². The van der Waals surface area contributed by atoms with E-state index < -0.39 is 12.5 Å². The second-order valence-electron chi connectivity index (χ2n) is 3.46. The second kappa shape index (κ2) is 5.05. The lowest BCUT2D eigenvalue weighted by Gasteiger charge is -2.05. The molecule has 78 valence electrons. The monoisotopic (exact) mass is 200 g/mol. The van der Waals surface area contributed by atoms with Crippen LogP contribution in [0.5, 0.6) is 0 Å². The van der Waals surface area contributed by atoms with Crippen molar-refractivity contribution in [2.75, 3.05) is 0 Å². The van der Waals surface area contributed by atoms with E-state index in [9.17, 15) is 8.78 Å². The van der Waals surface area contributed by atoms with Crippen LogP contribution >= 0.6 is 0 Å². The van der Waals surface area contributed by atoms with E-state index in [2.05, 4.69) is 0 Å². The number of benzene rings is 1. The number of rotatable bonds is 4. The summed E-state index contributed by atoms with van der Waals surface area (Å²) in [5.41, 5.74) is 1.60. The number of hydrogen-bond acceptors (Lipinski definition) is 1. The summed E-state index contributed by atoms with van der Waals surface area (Å²) in [7, 11) is 0. The van der Waals surface area contributed by atoms with Crippen molar-refractivity contribution in [2.24, 2.45) is 0 Å². The first-order valence-corrected chi connectivity index (χ1v) is 4.62. The highest BCUT2D eigenvalue weighted by atomic mass is 19.3. The molecule has 1 aromatic rings. The maximum Gasteiger partial charge on any atom is 0.242 e. The summed E-state index contributed by atoms with van der Waals surface area (Å²) >= 11 is 0. The van der Waals surface area contributed by atoms with E-state index in [1.165, 1.54) is 0 Å². The molecule has 0 bridgehead atoms. The molecule has 0 fully saturated rings. The fraction of sp³-hybridized carbons (Fsp3) is 0.455. The van der Waals surface area contributed by atoms with Crippen LogP contribution in [0, 0.1) is 0 Å². The number of hydrogen-bond donors (Lipinski definition) is 1. The normalized spacial score (nSPS) is 13.2. The van der Waals surface area contributed by atoms with Crippen LogP contribution in [0.3, 0.4) is 0 Å². The predicted molar refractivity (Wildman–Crippen MR) is 51.5 cm³/mol. The van der Waals surface area contributed by atoms with E-state index in [1.807, 2.05) is 0 Å². The SMILES string of the molecule is CC(O)Cc1ccc(CC(F)F)cc1. The van der Waals surface area contributed by atoms with Crippen LogP contribution in [0.4, 0.5) is 8.78 Å². The number of halogens is 2. The number of alkyl halides is 2. The minimum atomic E-state index is -2.29. The Labute approximate surface area is 82.4 Å². The Morgan fingerprint density at radius 1 is 1.07 bits per heavy atom. The third-order valence-corrected chi connectivity index (χ3v) is 1.94. The van der Waals surface area contributed by atoms with Crippen LogP contribution in [0.25, 0.3) is 0 Å². The molecule has 3 heteroatoms. The molecule has 1 nitrogen and oxygen atoms in total. The van der Waals surface area contributed by atoms with Crippen LogP contribution < -0.4 is 0 Å². The molecular weight excluding hydrogens is 186 g/mol. The smallest absolute Gasteiger partial charge is 0.242 e. The molecule has 1 aromatic carbocycles. The van der Waals surface area contributed by atoms with Crippen LogP contribution in [0.2, 0.25) is 0 Å². The van der Waals surface area contributed by atoms with Gasteiger partial charge in [0.05, 0.1) is 6.10 Å². The molecule has 0 saturated heterocycles. The van der Waals surface area contributed by atoms with Gasteiger partial charge in [0.1, 0.15) is 0 Å². The van der Waals surface area contributed by atoms with Gasteiger partial charge in [0, 0.05) is 6.42 Å². The zero-order valence-electron chi connectivity index (χ0n) is 8.08. The molecule has 0 radical (unpaired) electrons. The molecule has 1 N–H and O–H groups in total. The van der Waals surface area contributed by atoms with Gasteiger partial charge in [0.15, 0.2) is 0 Å². The molecule has 0 aromatic heterocycles. The second-order valence-corrected chi connectivity index (χ2v) is 3.46. The highest BCUT2D eigenvalue weighted by Gasteiger charge is 2.04. The molecular formula is C11H14F2O. The summed E-state index contributed by atoms with van der Waals surface area (Å²) < 4.78 is 24.0. The third-order valence-electron chi connectivity index (χ3n) is 1.94. The summed E-state index contributed by atoms with van der Waals surface area (Å²) in [5, 5.41) is 9.10. The molecule has 1 atom stereocenters. The maximum atomic E-state index is 12.0. The van der Waals surface area contributed by atoms with Crippen molar-refractivity contribution in [3.05, 3.63) is 35.4 Å². The fourth-order valence-electron chi connectivity index (χ4n) is 1.33. The Kier molecular flexibility index (Phi) is 4.01. The minimum absolute atomic E-state index is 0.199. The number of aliphatic hydroxyl groups is 1. The summed E-state index contributed by atoms with van der Waals surface area (Å²) in [6.45, 7) is 1.70. The van der Waals surface area contributed by atoms with Gasteiger partial charge in [-0.25, -0.2) is 8.78 Å². The fourth-order valence-corrected chi connectivity index (χ4v) is 1.33. The Morgan fingerprint density at radius 2 is 1.50 bits per heavy atom. The van der Waals surface area contributed by atoms with E-state index in [1.54, 1.807) is 31.2 Å². The summed E-state index contributed by atoms with van der Waals surface area (Å²) in [6, 6.07) is 6.93. The highest BCUT2D eigenvalue weighted by molar-refractivity contribution is 5.23. The Bertz CT molecular complexity index is 238. The van der Waals surface area contributed by atoms with Gasteiger partial charge in [0.2, 0.25) is 6.43 Å². The molecule has 0 aliphatic heterocycles. The largest absolute Gasteiger partial charge is 0.393 e. The van der Waals surface area contributed by atoms with Gasteiger partial charge in [-0.3, -0.25) is 0 Å². The first-order chi connectivity index (χ1) is 6.58. The predicted octanol–water partition coefficient (Wildman–Crippen LogP) is 2.42. The molecule has 0 amide bonds. The Hall–Kier alpha value is -0.960. The van der Waals surface area contributed by atoms with Gasteiger partial charge in [0.25, 0.3) is 0 Å². The Balaban J connectivity index is 2.59. The summed E-state index contributed by atoms with van der Waals surface area (Å²) in [6.07, 6.45) is -2.32. The van der Waals surface area contributed by atoms with Gasteiger partial charge >= 0.3 is 0 Å². The van der Waals surface area contributed by atoms with E-state index >= 15 is 0 Å². The zero-order chi connectivity index (χ0) is 10.6. The van der Waals surface area contributed by atoms with Crippen molar-refractivity contribution in [3.63, 3.8) is 0 Å². The van der Waals surface area contributed by atoms with Crippen molar-refractivity contribution in [3.8, 4) is 0 Å². The van der Waals surface area contributed by atoms with Crippen LogP contribution in [-0.2, 0) is 12.8 Å². The molecule has 0 spiro atoms. The van der Waals surface area contributed by atoms with Gasteiger partial charge in [-0.1, -0.05) is 24.3 Å². The van der Waals surface area contributed by atoms with Crippen LogP contribution in [0.1, 0.15) is 18.1 Å². The highest BCUT2D eigenvalue weighted by Crippen LogP contribution is 2.10. The first-order valence-electron chi connectivity index (χ1n) is 4.62. The molecule has 14 heavy (non-hydrogen) atoms. The van der Waals surface area contributed by atoms with Crippen molar-refractivity contribution in [1.29, 1.82) is 0 Å². The molecule has 0 aliphatic carbocycles. The van der Waals surface area contributed by atoms with E-state index in [0.717, 1.165) is 5.56 Å². The Morgan fingerprint density at radius 3 is 1.86 bits per heavy atom. The summed E-state index contributed by atoms with van der Waals surface area (Å²) in [4.78, 5) is 0. The van der Waals surface area contributed by atoms with E-state index in [4.69, 9.17) is 5.11 Å². The van der Waals surface area contributed by atoms with Gasteiger partial charge in [-0.15, -0.1) is 0 Å². The van der Waals surface area contributed by atoms with Crippen molar-refractivity contribution >= 4 is 0 Å². The van der Waals surface area contributed by atoms with E-state index in [-0.39, 0.29) is 6.42 Å².